The molecule has 0 fully saturated rings. The van der Waals surface area contributed by atoms with E-state index in [4.69, 9.17) is 9.47 Å². The number of methoxy groups -OCH3 is 1. The number of nitrogens with zero attached hydrogens (tertiary/aromatic N) is 4. The van der Waals surface area contributed by atoms with Crippen molar-refractivity contribution in [3.05, 3.63) is 54.0 Å². The minimum absolute atomic E-state index is 0.115. The summed E-state index contributed by atoms with van der Waals surface area (Å²) in [4.78, 5) is 12.2. The lowest BCUT2D eigenvalue weighted by atomic mass is 10.0. The zero-order chi connectivity index (χ0) is 18.7. The highest BCUT2D eigenvalue weighted by molar-refractivity contribution is 5.89. The molecule has 0 bridgehead atoms. The van der Waals surface area contributed by atoms with Crippen molar-refractivity contribution in [1.29, 1.82) is 0 Å². The van der Waals surface area contributed by atoms with E-state index < -0.39 is 5.97 Å². The second-order valence-electron chi connectivity index (χ2n) is 5.63. The zero-order valence-electron chi connectivity index (χ0n) is 15.0. The van der Waals surface area contributed by atoms with Crippen molar-refractivity contribution in [3.8, 4) is 16.9 Å². The first kappa shape index (κ1) is 17.6. The molecule has 2 heterocycles. The molecule has 1 aromatic carbocycles. The largest absolute Gasteiger partial charge is 0.496 e. The van der Waals surface area contributed by atoms with E-state index in [1.54, 1.807) is 18.5 Å². The Morgan fingerprint density at radius 1 is 1.31 bits per heavy atom. The highest BCUT2D eigenvalue weighted by Crippen LogP contribution is 2.35. The predicted octanol–water partition coefficient (Wildman–Crippen LogP) is 3.01. The van der Waals surface area contributed by atoms with E-state index in [1.165, 1.54) is 6.08 Å². The Bertz CT molecular complexity index is 978. The summed E-state index contributed by atoms with van der Waals surface area (Å²) in [6.45, 7) is 7.43. The maximum absolute atomic E-state index is 12.2. The number of aromatic nitrogens is 4. The fraction of sp³-hybridized carbons (Fsp3) is 0.263. The summed E-state index contributed by atoms with van der Waals surface area (Å²) in [5.41, 5.74) is 3.87. The van der Waals surface area contributed by atoms with Crippen molar-refractivity contribution in [3.63, 3.8) is 0 Å². The molecular weight excluding hydrogens is 332 g/mol. The number of aryl methyl sites for hydroxylation is 2. The summed E-state index contributed by atoms with van der Waals surface area (Å²) in [5.74, 6) is 0.176. The number of hydrogen-bond donors (Lipinski definition) is 0. The molecular formula is C19H20N4O3. The molecule has 0 saturated carbocycles. The van der Waals surface area contributed by atoms with E-state index in [9.17, 15) is 4.79 Å². The normalized spacial score (nSPS) is 10.7. The van der Waals surface area contributed by atoms with Gasteiger partial charge in [0.05, 0.1) is 24.1 Å². The molecule has 0 aliphatic carbocycles. The summed E-state index contributed by atoms with van der Waals surface area (Å²) < 4.78 is 12.2. The van der Waals surface area contributed by atoms with Crippen molar-refractivity contribution >= 4 is 11.6 Å². The van der Waals surface area contributed by atoms with E-state index in [2.05, 4.69) is 21.9 Å². The van der Waals surface area contributed by atoms with Gasteiger partial charge < -0.3 is 9.47 Å². The average Bonchev–Trinajstić information content (AvgIpc) is 3.05. The molecule has 7 nitrogen and oxygen atoms in total. The molecule has 0 radical (unpaired) electrons. The highest BCUT2D eigenvalue weighted by Gasteiger charge is 2.23. The maximum atomic E-state index is 12.2. The molecule has 0 unspecified atom stereocenters. The Kier molecular flexibility index (Phi) is 4.97. The number of para-hydroxylation sites is 1. The molecule has 0 spiro atoms. The molecule has 0 N–H and O–H groups in total. The number of carbonyl (C=O) groups is 1. The fourth-order valence-electron chi connectivity index (χ4n) is 2.82. The van der Waals surface area contributed by atoms with Crippen molar-refractivity contribution in [1.82, 2.24) is 19.8 Å². The number of fused-ring (bicyclic) bond motifs is 1. The van der Waals surface area contributed by atoms with Gasteiger partial charge >= 0.3 is 5.97 Å². The van der Waals surface area contributed by atoms with Gasteiger partial charge in [-0.25, -0.2) is 9.31 Å². The van der Waals surface area contributed by atoms with Crippen LogP contribution in [-0.2, 0) is 11.2 Å². The van der Waals surface area contributed by atoms with Crippen LogP contribution < -0.4 is 4.74 Å². The lowest BCUT2D eigenvalue weighted by Crippen LogP contribution is -2.14. The van der Waals surface area contributed by atoms with Crippen LogP contribution in [0.2, 0.25) is 0 Å². The van der Waals surface area contributed by atoms with E-state index in [0.29, 0.717) is 17.8 Å². The Labute approximate surface area is 151 Å². The number of hydrogen-bond acceptors (Lipinski definition) is 6. The van der Waals surface area contributed by atoms with Gasteiger partial charge in [-0.05, 0) is 19.4 Å². The number of rotatable bonds is 6. The molecule has 0 saturated heterocycles. The van der Waals surface area contributed by atoms with Crippen LogP contribution >= 0.6 is 0 Å². The maximum Gasteiger partial charge on any atom is 0.361 e. The van der Waals surface area contributed by atoms with Crippen LogP contribution in [0.4, 0.5) is 0 Å². The second kappa shape index (κ2) is 7.35. The van der Waals surface area contributed by atoms with Crippen LogP contribution in [0, 0.1) is 6.92 Å². The lowest BCUT2D eigenvalue weighted by Gasteiger charge is -2.08. The fourth-order valence-corrected chi connectivity index (χ4v) is 2.82. The van der Waals surface area contributed by atoms with Crippen LogP contribution in [0.1, 0.15) is 28.8 Å². The SMILES string of the molecule is C=CCOC(=O)c1nnc2c(-c3ccccc3OC)c(CC)nn2c1C. The first-order valence-corrected chi connectivity index (χ1v) is 8.28. The average molecular weight is 352 g/mol. The van der Waals surface area contributed by atoms with Gasteiger partial charge in [0.1, 0.15) is 12.4 Å². The van der Waals surface area contributed by atoms with Crippen LogP contribution in [0.5, 0.6) is 5.75 Å². The first-order chi connectivity index (χ1) is 12.6. The van der Waals surface area contributed by atoms with Crippen LogP contribution in [-0.4, -0.2) is 39.5 Å². The third kappa shape index (κ3) is 2.92. The van der Waals surface area contributed by atoms with Crippen molar-refractivity contribution in [2.75, 3.05) is 13.7 Å². The Morgan fingerprint density at radius 2 is 2.08 bits per heavy atom. The number of esters is 1. The summed E-state index contributed by atoms with van der Waals surface area (Å²) in [5, 5.41) is 13.0. The molecule has 0 aliphatic heterocycles. The standard InChI is InChI=1S/C19H20N4O3/c1-5-11-26-19(24)17-12(3)23-18(21-20-17)16(14(6-2)22-23)13-9-7-8-10-15(13)25-4/h5,7-10H,1,6,11H2,2-4H3. The van der Waals surface area contributed by atoms with Gasteiger partial charge in [-0.3, -0.25) is 0 Å². The van der Waals surface area contributed by atoms with Crippen LogP contribution in [0.25, 0.3) is 16.8 Å². The summed E-state index contributed by atoms with van der Waals surface area (Å²) in [6.07, 6.45) is 2.20. The van der Waals surface area contributed by atoms with Gasteiger partial charge in [-0.15, -0.1) is 10.2 Å². The Morgan fingerprint density at radius 3 is 2.77 bits per heavy atom. The molecule has 26 heavy (non-hydrogen) atoms. The molecule has 2 aromatic heterocycles. The van der Waals surface area contributed by atoms with Crippen molar-refractivity contribution in [2.24, 2.45) is 0 Å². The van der Waals surface area contributed by atoms with Crippen molar-refractivity contribution in [2.45, 2.75) is 20.3 Å². The zero-order valence-corrected chi connectivity index (χ0v) is 15.0. The van der Waals surface area contributed by atoms with Crippen molar-refractivity contribution < 1.29 is 14.3 Å². The summed E-state index contributed by atoms with van der Waals surface area (Å²) in [6, 6.07) is 7.68. The molecule has 0 amide bonds. The Hall–Kier alpha value is -3.22. The van der Waals surface area contributed by atoms with Gasteiger partial charge in [0.2, 0.25) is 0 Å². The molecule has 7 heteroatoms. The molecule has 0 atom stereocenters. The minimum atomic E-state index is -0.552. The smallest absolute Gasteiger partial charge is 0.361 e. The molecule has 3 rings (SSSR count). The van der Waals surface area contributed by atoms with E-state index in [0.717, 1.165) is 22.6 Å². The minimum Gasteiger partial charge on any atom is -0.496 e. The van der Waals surface area contributed by atoms with E-state index in [1.807, 2.05) is 31.2 Å². The van der Waals surface area contributed by atoms with Crippen LogP contribution in [0.3, 0.4) is 0 Å². The second-order valence-corrected chi connectivity index (χ2v) is 5.63. The monoisotopic (exact) mass is 352 g/mol. The topological polar surface area (TPSA) is 78.6 Å². The van der Waals surface area contributed by atoms with E-state index >= 15 is 0 Å². The van der Waals surface area contributed by atoms with Gasteiger partial charge in [0.25, 0.3) is 0 Å². The number of ether oxygens (including phenoxy) is 2. The van der Waals surface area contributed by atoms with Gasteiger partial charge in [0.15, 0.2) is 11.3 Å². The number of carbonyl (C=O) groups excluding carboxylic acids is 1. The number of benzene rings is 1. The molecule has 134 valence electrons. The van der Waals surface area contributed by atoms with Gasteiger partial charge in [-0.1, -0.05) is 37.8 Å². The highest BCUT2D eigenvalue weighted by atomic mass is 16.5. The van der Waals surface area contributed by atoms with Crippen LogP contribution in [0.15, 0.2) is 36.9 Å². The molecule has 0 aliphatic rings. The third-order valence-corrected chi connectivity index (χ3v) is 4.08. The first-order valence-electron chi connectivity index (χ1n) is 8.28. The third-order valence-electron chi connectivity index (χ3n) is 4.08. The quantitative estimate of drug-likeness (QED) is 0.501. The predicted molar refractivity (Wildman–Crippen MR) is 97.4 cm³/mol. The van der Waals surface area contributed by atoms with Gasteiger partial charge in [-0.2, -0.15) is 5.10 Å². The summed E-state index contributed by atoms with van der Waals surface area (Å²) >= 11 is 0. The molecule has 3 aromatic rings. The lowest BCUT2D eigenvalue weighted by molar-refractivity contribution is 0.0539. The Balaban J connectivity index is 2.21. The van der Waals surface area contributed by atoms with E-state index in [-0.39, 0.29) is 12.3 Å². The van der Waals surface area contributed by atoms with Gasteiger partial charge in [0, 0.05) is 5.56 Å². The summed E-state index contributed by atoms with van der Waals surface area (Å²) in [7, 11) is 1.63.